The molecule has 1 saturated carbocycles. The molecule has 0 unspecified atom stereocenters. The summed E-state index contributed by atoms with van der Waals surface area (Å²) < 4.78 is 5.71. The highest BCUT2D eigenvalue weighted by Crippen LogP contribution is 2.33. The Kier molecular flexibility index (Phi) is 5.00. The Bertz CT molecular complexity index is 267. The average Bonchev–Trinajstić information content (AvgIpc) is 2.99. The molecule has 2 nitrogen and oxygen atoms in total. The SMILES string of the molecule is C=C(CCl)CCOC(C)(C)CC(=O)C1CC1. The zero-order valence-electron chi connectivity index (χ0n) is 10.2. The van der Waals surface area contributed by atoms with E-state index in [1.807, 2.05) is 13.8 Å². The molecular weight excluding hydrogens is 224 g/mol. The smallest absolute Gasteiger partial charge is 0.138 e. The fraction of sp³-hybridized carbons (Fsp3) is 0.769. The fourth-order valence-corrected chi connectivity index (χ4v) is 1.69. The number of hydrogen-bond acceptors (Lipinski definition) is 2. The van der Waals surface area contributed by atoms with Crippen LogP contribution in [0.5, 0.6) is 0 Å². The lowest BCUT2D eigenvalue weighted by atomic mass is 9.99. The van der Waals surface area contributed by atoms with Crippen molar-refractivity contribution >= 4 is 17.4 Å². The summed E-state index contributed by atoms with van der Waals surface area (Å²) in [4.78, 5) is 11.7. The molecule has 1 rings (SSSR count). The molecule has 0 radical (unpaired) electrons. The number of halogens is 1. The summed E-state index contributed by atoms with van der Waals surface area (Å²) >= 11 is 5.63. The predicted octanol–water partition coefficient (Wildman–Crippen LogP) is 3.34. The zero-order valence-corrected chi connectivity index (χ0v) is 11.0. The van der Waals surface area contributed by atoms with Gasteiger partial charge in [0.15, 0.2) is 0 Å². The molecular formula is C13H21ClO2. The summed E-state index contributed by atoms with van der Waals surface area (Å²) in [6.07, 6.45) is 3.42. The second kappa shape index (κ2) is 5.83. The normalized spacial score (nSPS) is 16.2. The van der Waals surface area contributed by atoms with Gasteiger partial charge in [0.1, 0.15) is 5.78 Å². The van der Waals surface area contributed by atoms with Gasteiger partial charge in [-0.25, -0.2) is 0 Å². The molecule has 0 amide bonds. The van der Waals surface area contributed by atoms with Crippen LogP contribution >= 0.6 is 11.6 Å². The second-order valence-electron chi connectivity index (χ2n) is 5.16. The van der Waals surface area contributed by atoms with Gasteiger partial charge in [-0.2, -0.15) is 0 Å². The molecule has 1 aliphatic carbocycles. The molecule has 0 saturated heterocycles. The number of hydrogen-bond donors (Lipinski definition) is 0. The van der Waals surface area contributed by atoms with E-state index in [1.165, 1.54) is 0 Å². The van der Waals surface area contributed by atoms with Crippen LogP contribution in [-0.2, 0) is 9.53 Å². The minimum absolute atomic E-state index is 0.320. The summed E-state index contributed by atoms with van der Waals surface area (Å²) in [5, 5.41) is 0. The van der Waals surface area contributed by atoms with Crippen LogP contribution in [0.25, 0.3) is 0 Å². The molecule has 0 aromatic heterocycles. The van der Waals surface area contributed by atoms with Crippen LogP contribution in [0.15, 0.2) is 12.2 Å². The molecule has 3 heteroatoms. The maximum atomic E-state index is 11.7. The molecule has 0 aliphatic heterocycles. The van der Waals surface area contributed by atoms with E-state index >= 15 is 0 Å². The van der Waals surface area contributed by atoms with Gasteiger partial charge >= 0.3 is 0 Å². The topological polar surface area (TPSA) is 26.3 Å². The van der Waals surface area contributed by atoms with Crippen LogP contribution in [0.1, 0.15) is 39.5 Å². The standard InChI is InChI=1S/C13H21ClO2/c1-10(9-14)6-7-16-13(2,3)8-12(15)11-4-5-11/h11H,1,4-9H2,2-3H3. The van der Waals surface area contributed by atoms with Crippen LogP contribution in [-0.4, -0.2) is 23.9 Å². The molecule has 0 aromatic carbocycles. The van der Waals surface area contributed by atoms with Crippen LogP contribution in [0, 0.1) is 5.92 Å². The molecule has 1 aliphatic rings. The maximum absolute atomic E-state index is 11.7. The van der Waals surface area contributed by atoms with Crippen molar-refractivity contribution in [2.45, 2.75) is 45.1 Å². The van der Waals surface area contributed by atoms with Gasteiger partial charge in [0.2, 0.25) is 0 Å². The third kappa shape index (κ3) is 5.13. The minimum atomic E-state index is -0.355. The summed E-state index contributed by atoms with van der Waals surface area (Å²) in [5.74, 6) is 1.15. The number of carbonyl (C=O) groups excluding carboxylic acids is 1. The van der Waals surface area contributed by atoms with Crippen molar-refractivity contribution < 1.29 is 9.53 Å². The van der Waals surface area contributed by atoms with E-state index in [-0.39, 0.29) is 5.60 Å². The van der Waals surface area contributed by atoms with E-state index in [2.05, 4.69) is 6.58 Å². The molecule has 0 spiro atoms. The Morgan fingerprint density at radius 2 is 2.12 bits per heavy atom. The second-order valence-corrected chi connectivity index (χ2v) is 5.43. The minimum Gasteiger partial charge on any atom is -0.375 e. The zero-order chi connectivity index (χ0) is 12.2. The van der Waals surface area contributed by atoms with Gasteiger partial charge in [0, 0.05) is 18.2 Å². The lowest BCUT2D eigenvalue weighted by Gasteiger charge is -2.24. The molecule has 0 N–H and O–H groups in total. The number of rotatable bonds is 8. The van der Waals surface area contributed by atoms with Crippen LogP contribution in [0.2, 0.25) is 0 Å². The average molecular weight is 245 g/mol. The van der Waals surface area contributed by atoms with E-state index in [4.69, 9.17) is 16.3 Å². The Labute approximate surface area is 103 Å². The number of ketones is 1. The van der Waals surface area contributed by atoms with Crippen molar-refractivity contribution in [2.75, 3.05) is 12.5 Å². The number of carbonyl (C=O) groups is 1. The first-order chi connectivity index (χ1) is 7.44. The molecule has 0 atom stereocenters. The summed E-state index contributed by atoms with van der Waals surface area (Å²) in [6.45, 7) is 8.34. The quantitative estimate of drug-likeness (QED) is 0.484. The van der Waals surface area contributed by atoms with Crippen LogP contribution < -0.4 is 0 Å². The van der Waals surface area contributed by atoms with E-state index in [1.54, 1.807) is 0 Å². The Balaban J connectivity index is 2.21. The number of alkyl halides is 1. The Hall–Kier alpha value is -0.340. The van der Waals surface area contributed by atoms with Crippen LogP contribution in [0.3, 0.4) is 0 Å². The maximum Gasteiger partial charge on any atom is 0.138 e. The van der Waals surface area contributed by atoms with Crippen molar-refractivity contribution in [1.29, 1.82) is 0 Å². The van der Waals surface area contributed by atoms with E-state index < -0.39 is 0 Å². The van der Waals surface area contributed by atoms with E-state index in [0.29, 0.717) is 30.6 Å². The highest BCUT2D eigenvalue weighted by Gasteiger charge is 2.33. The van der Waals surface area contributed by atoms with E-state index in [9.17, 15) is 4.79 Å². The van der Waals surface area contributed by atoms with Gasteiger partial charge < -0.3 is 4.74 Å². The highest BCUT2D eigenvalue weighted by molar-refractivity contribution is 6.19. The molecule has 0 aromatic rings. The largest absolute Gasteiger partial charge is 0.375 e. The van der Waals surface area contributed by atoms with Crippen molar-refractivity contribution in [1.82, 2.24) is 0 Å². The van der Waals surface area contributed by atoms with Gasteiger partial charge in [-0.3, -0.25) is 4.79 Å². The van der Waals surface area contributed by atoms with Gasteiger partial charge in [-0.05, 0) is 33.1 Å². The van der Waals surface area contributed by atoms with Gasteiger partial charge in [-0.1, -0.05) is 12.2 Å². The van der Waals surface area contributed by atoms with Gasteiger partial charge in [-0.15, -0.1) is 11.6 Å². The predicted molar refractivity (Wildman–Crippen MR) is 66.9 cm³/mol. The molecule has 92 valence electrons. The van der Waals surface area contributed by atoms with Crippen molar-refractivity contribution in [3.8, 4) is 0 Å². The number of Topliss-reactive ketones (excluding diaryl/α,β-unsaturated/α-hetero) is 1. The van der Waals surface area contributed by atoms with Crippen molar-refractivity contribution in [3.05, 3.63) is 12.2 Å². The summed E-state index contributed by atoms with van der Waals surface area (Å²) in [7, 11) is 0. The molecule has 1 fully saturated rings. The molecule has 16 heavy (non-hydrogen) atoms. The number of ether oxygens (including phenoxy) is 1. The third-order valence-electron chi connectivity index (χ3n) is 2.77. The van der Waals surface area contributed by atoms with Gasteiger partial charge in [0.25, 0.3) is 0 Å². The lowest BCUT2D eigenvalue weighted by molar-refractivity contribution is -0.126. The third-order valence-corrected chi connectivity index (χ3v) is 3.15. The summed E-state index contributed by atoms with van der Waals surface area (Å²) in [5.41, 5.74) is 0.623. The highest BCUT2D eigenvalue weighted by atomic mass is 35.5. The first-order valence-corrected chi connectivity index (χ1v) is 6.37. The fourth-order valence-electron chi connectivity index (χ4n) is 1.56. The molecule has 0 bridgehead atoms. The summed E-state index contributed by atoms with van der Waals surface area (Å²) in [6, 6.07) is 0. The Morgan fingerprint density at radius 3 is 2.62 bits per heavy atom. The van der Waals surface area contributed by atoms with Crippen LogP contribution in [0.4, 0.5) is 0 Å². The van der Waals surface area contributed by atoms with Crippen molar-refractivity contribution in [2.24, 2.45) is 5.92 Å². The van der Waals surface area contributed by atoms with Crippen molar-refractivity contribution in [3.63, 3.8) is 0 Å². The molecule has 0 heterocycles. The monoisotopic (exact) mass is 244 g/mol. The first kappa shape index (κ1) is 13.7. The Morgan fingerprint density at radius 1 is 1.50 bits per heavy atom. The van der Waals surface area contributed by atoms with E-state index in [0.717, 1.165) is 24.8 Å². The lowest BCUT2D eigenvalue weighted by Crippen LogP contribution is -2.29. The first-order valence-electron chi connectivity index (χ1n) is 5.84. The van der Waals surface area contributed by atoms with Gasteiger partial charge in [0.05, 0.1) is 12.2 Å².